The molecule has 0 radical (unpaired) electrons. The van der Waals surface area contributed by atoms with E-state index >= 15 is 0 Å². The van der Waals surface area contributed by atoms with Gasteiger partial charge in [-0.15, -0.1) is 0 Å². The van der Waals surface area contributed by atoms with Gasteiger partial charge in [0.1, 0.15) is 12.6 Å². The molecule has 174 valence electrons. The summed E-state index contributed by atoms with van der Waals surface area (Å²) in [5.74, 6) is -1.00. The van der Waals surface area contributed by atoms with Crippen molar-refractivity contribution in [2.75, 3.05) is 13.7 Å². The van der Waals surface area contributed by atoms with E-state index in [0.29, 0.717) is 17.6 Å². The number of hydrogen-bond donors (Lipinski definition) is 0. The van der Waals surface area contributed by atoms with Gasteiger partial charge in [-0.1, -0.05) is 35.1 Å². The maximum absolute atomic E-state index is 13.2. The Bertz CT molecular complexity index is 1390. The molecule has 1 aliphatic rings. The predicted molar refractivity (Wildman–Crippen MR) is 125 cm³/mol. The van der Waals surface area contributed by atoms with E-state index in [2.05, 4.69) is 4.99 Å². The third-order valence-electron chi connectivity index (χ3n) is 5.68. The zero-order chi connectivity index (χ0) is 23.8. The molecular weight excluding hydrogens is 462 g/mol. The molecule has 1 fully saturated rings. The third kappa shape index (κ3) is 4.64. The molecule has 1 atom stereocenters. The average molecular weight is 488 g/mol. The summed E-state index contributed by atoms with van der Waals surface area (Å²) in [7, 11) is -2.53. The Hall–Kier alpha value is -2.82. The van der Waals surface area contributed by atoms with E-state index in [4.69, 9.17) is 4.74 Å². The SMILES string of the molecule is COC(=O)Cn1c(=NC(=O)C2CCCN2S(=O)(=O)c2ccc(C)cc2)sc2cc(C)ccc21. The zero-order valence-corrected chi connectivity index (χ0v) is 20.3. The van der Waals surface area contributed by atoms with Crippen molar-refractivity contribution >= 4 is 43.5 Å². The largest absolute Gasteiger partial charge is 0.468 e. The predicted octanol–water partition coefficient (Wildman–Crippen LogP) is 2.77. The van der Waals surface area contributed by atoms with Gasteiger partial charge in [-0.3, -0.25) is 9.59 Å². The number of carbonyl (C=O) groups is 2. The standard InChI is InChI=1S/C23H25N3O5S2/c1-15-6-9-17(10-7-15)33(29,30)26-12-4-5-19(26)22(28)24-23-25(14-21(27)31-3)18-11-8-16(2)13-20(18)32-23/h6-11,13,19H,4-5,12,14H2,1-3H3. The van der Waals surface area contributed by atoms with Crippen LogP contribution in [0.5, 0.6) is 0 Å². The molecule has 4 rings (SSSR count). The number of benzene rings is 2. The summed E-state index contributed by atoms with van der Waals surface area (Å²) in [6, 6.07) is 11.5. The van der Waals surface area contributed by atoms with E-state index in [1.54, 1.807) is 28.8 Å². The lowest BCUT2D eigenvalue weighted by atomic mass is 10.2. The molecule has 2 aromatic carbocycles. The molecule has 2 heterocycles. The molecule has 0 bridgehead atoms. The van der Waals surface area contributed by atoms with Gasteiger partial charge < -0.3 is 9.30 Å². The van der Waals surface area contributed by atoms with E-state index in [1.165, 1.54) is 22.8 Å². The van der Waals surface area contributed by atoms with E-state index < -0.39 is 27.9 Å². The van der Waals surface area contributed by atoms with Crippen LogP contribution >= 0.6 is 11.3 Å². The number of aromatic nitrogens is 1. The number of fused-ring (bicyclic) bond motifs is 1. The molecule has 3 aromatic rings. The van der Waals surface area contributed by atoms with Crippen LogP contribution in [0.2, 0.25) is 0 Å². The van der Waals surface area contributed by atoms with E-state index in [-0.39, 0.29) is 18.0 Å². The van der Waals surface area contributed by atoms with Crippen molar-refractivity contribution in [3.63, 3.8) is 0 Å². The average Bonchev–Trinajstić information content (AvgIpc) is 3.40. The number of ether oxygens (including phenoxy) is 1. The number of sulfonamides is 1. The summed E-state index contributed by atoms with van der Waals surface area (Å²) in [6.07, 6.45) is 0.971. The topological polar surface area (TPSA) is 98.0 Å². The van der Waals surface area contributed by atoms with Gasteiger partial charge in [0, 0.05) is 6.54 Å². The second kappa shape index (κ2) is 9.20. The van der Waals surface area contributed by atoms with Gasteiger partial charge in [-0.2, -0.15) is 9.30 Å². The number of aryl methyl sites for hydroxylation is 2. The minimum absolute atomic E-state index is 0.0955. The van der Waals surface area contributed by atoms with Crippen LogP contribution in [0.15, 0.2) is 52.4 Å². The fraction of sp³-hybridized carbons (Fsp3) is 0.348. The molecule has 0 spiro atoms. The summed E-state index contributed by atoms with van der Waals surface area (Å²) in [5.41, 5.74) is 2.75. The lowest BCUT2D eigenvalue weighted by molar-refractivity contribution is -0.141. The first kappa shape index (κ1) is 23.3. The monoisotopic (exact) mass is 487 g/mol. The first-order valence-corrected chi connectivity index (χ1v) is 12.8. The molecule has 0 aliphatic carbocycles. The van der Waals surface area contributed by atoms with Gasteiger partial charge >= 0.3 is 5.97 Å². The second-order valence-electron chi connectivity index (χ2n) is 8.05. The van der Waals surface area contributed by atoms with Crippen LogP contribution in [0, 0.1) is 13.8 Å². The summed E-state index contributed by atoms with van der Waals surface area (Å²) in [4.78, 5) is 30.0. The first-order chi connectivity index (χ1) is 15.7. The van der Waals surface area contributed by atoms with Crippen molar-refractivity contribution in [1.82, 2.24) is 8.87 Å². The third-order valence-corrected chi connectivity index (χ3v) is 8.64. The highest BCUT2D eigenvalue weighted by molar-refractivity contribution is 7.89. The Morgan fingerprint density at radius 1 is 1.12 bits per heavy atom. The van der Waals surface area contributed by atoms with Crippen molar-refractivity contribution < 1.29 is 22.7 Å². The Balaban J connectivity index is 1.73. The Morgan fingerprint density at radius 2 is 1.82 bits per heavy atom. The van der Waals surface area contributed by atoms with E-state index in [0.717, 1.165) is 21.3 Å². The van der Waals surface area contributed by atoms with Gasteiger partial charge in [0.2, 0.25) is 10.0 Å². The van der Waals surface area contributed by atoms with Gasteiger partial charge in [-0.25, -0.2) is 8.42 Å². The molecule has 1 saturated heterocycles. The highest BCUT2D eigenvalue weighted by Crippen LogP contribution is 2.27. The normalized spacial score (nSPS) is 17.5. The van der Waals surface area contributed by atoms with Gasteiger partial charge in [0.15, 0.2) is 4.80 Å². The Labute approximate surface area is 196 Å². The van der Waals surface area contributed by atoms with Crippen molar-refractivity contribution in [3.05, 3.63) is 58.4 Å². The smallest absolute Gasteiger partial charge is 0.325 e. The van der Waals surface area contributed by atoms with Crippen molar-refractivity contribution in [3.8, 4) is 0 Å². The lowest BCUT2D eigenvalue weighted by Crippen LogP contribution is -2.40. The number of amides is 1. The highest BCUT2D eigenvalue weighted by atomic mass is 32.2. The van der Waals surface area contributed by atoms with Crippen LogP contribution in [0.25, 0.3) is 10.2 Å². The van der Waals surface area contributed by atoms with Crippen LogP contribution in [0.1, 0.15) is 24.0 Å². The van der Waals surface area contributed by atoms with Crippen molar-refractivity contribution in [2.45, 2.75) is 44.2 Å². The van der Waals surface area contributed by atoms with Crippen LogP contribution in [-0.4, -0.2) is 48.9 Å². The highest BCUT2D eigenvalue weighted by Gasteiger charge is 2.39. The second-order valence-corrected chi connectivity index (χ2v) is 11.0. The van der Waals surface area contributed by atoms with Crippen LogP contribution < -0.4 is 4.80 Å². The minimum atomic E-state index is -3.83. The maximum Gasteiger partial charge on any atom is 0.325 e. The quantitative estimate of drug-likeness (QED) is 0.516. The fourth-order valence-electron chi connectivity index (χ4n) is 3.90. The zero-order valence-electron chi connectivity index (χ0n) is 18.6. The molecule has 1 amide bonds. The summed E-state index contributed by atoms with van der Waals surface area (Å²) in [6.45, 7) is 4.00. The molecule has 0 N–H and O–H groups in total. The Morgan fingerprint density at radius 3 is 2.52 bits per heavy atom. The summed E-state index contributed by atoms with van der Waals surface area (Å²) in [5, 5.41) is 0. The lowest BCUT2D eigenvalue weighted by Gasteiger charge is -2.21. The molecule has 10 heteroatoms. The number of rotatable bonds is 5. The number of esters is 1. The number of methoxy groups -OCH3 is 1. The minimum Gasteiger partial charge on any atom is -0.468 e. The van der Waals surface area contributed by atoms with Crippen LogP contribution in [0.4, 0.5) is 0 Å². The summed E-state index contributed by atoms with van der Waals surface area (Å²) >= 11 is 1.28. The van der Waals surface area contributed by atoms with Crippen LogP contribution in [0.3, 0.4) is 0 Å². The van der Waals surface area contributed by atoms with Crippen molar-refractivity contribution in [1.29, 1.82) is 0 Å². The number of carbonyl (C=O) groups excluding carboxylic acids is 2. The molecule has 33 heavy (non-hydrogen) atoms. The number of hydrogen-bond acceptors (Lipinski definition) is 6. The molecule has 1 aromatic heterocycles. The number of nitrogens with zero attached hydrogens (tertiary/aromatic N) is 3. The van der Waals surface area contributed by atoms with E-state index in [1.807, 2.05) is 32.0 Å². The fourth-order valence-corrected chi connectivity index (χ4v) is 6.69. The molecule has 8 nitrogen and oxygen atoms in total. The van der Waals surface area contributed by atoms with Crippen molar-refractivity contribution in [2.24, 2.45) is 4.99 Å². The van der Waals surface area contributed by atoms with Gasteiger partial charge in [0.05, 0.1) is 22.2 Å². The Kier molecular flexibility index (Phi) is 6.51. The molecule has 1 unspecified atom stereocenters. The first-order valence-electron chi connectivity index (χ1n) is 10.5. The van der Waals surface area contributed by atoms with Gasteiger partial charge in [0.25, 0.3) is 5.91 Å². The van der Waals surface area contributed by atoms with Gasteiger partial charge in [-0.05, 0) is 56.5 Å². The molecule has 0 saturated carbocycles. The van der Waals surface area contributed by atoms with Crippen LogP contribution in [-0.2, 0) is 30.9 Å². The molecule has 1 aliphatic heterocycles. The maximum atomic E-state index is 13.2. The number of thiazole rings is 1. The molecular formula is C23H25N3O5S2. The summed E-state index contributed by atoms with van der Waals surface area (Å²) < 4.78 is 35.0. The van der Waals surface area contributed by atoms with E-state index in [9.17, 15) is 18.0 Å².